The maximum Gasteiger partial charge on any atom is 0.0664 e. The molecule has 0 saturated carbocycles. The first-order valence-corrected chi connectivity index (χ1v) is 8.39. The fourth-order valence-corrected chi connectivity index (χ4v) is 3.56. The molecule has 116 valence electrons. The van der Waals surface area contributed by atoms with Crippen LogP contribution in [-0.2, 0) is 0 Å². The standard InChI is InChI=1S/C17H32N2O/c1-4-16(20)12-18-8-10-19(11-9-18)13-17-14(2)6-5-7-15(17)3/h6,15-17,20H,4-5,7-13H2,1-3H3. The van der Waals surface area contributed by atoms with E-state index in [4.69, 9.17) is 0 Å². The monoisotopic (exact) mass is 280 g/mol. The number of hydrogen-bond acceptors (Lipinski definition) is 3. The van der Waals surface area contributed by atoms with Crippen molar-refractivity contribution in [3.63, 3.8) is 0 Å². The van der Waals surface area contributed by atoms with Crippen LogP contribution >= 0.6 is 0 Å². The van der Waals surface area contributed by atoms with Crippen LogP contribution in [0.3, 0.4) is 0 Å². The van der Waals surface area contributed by atoms with Gasteiger partial charge in [0.15, 0.2) is 0 Å². The van der Waals surface area contributed by atoms with Gasteiger partial charge in [0.2, 0.25) is 0 Å². The molecule has 1 saturated heterocycles. The highest BCUT2D eigenvalue weighted by Crippen LogP contribution is 2.30. The predicted molar refractivity (Wildman–Crippen MR) is 84.8 cm³/mol. The summed E-state index contributed by atoms with van der Waals surface area (Å²) in [5.74, 6) is 1.59. The van der Waals surface area contributed by atoms with Crippen LogP contribution in [0.4, 0.5) is 0 Å². The maximum atomic E-state index is 9.74. The first kappa shape index (κ1) is 16.0. The van der Waals surface area contributed by atoms with Crippen LogP contribution in [0.15, 0.2) is 11.6 Å². The van der Waals surface area contributed by atoms with E-state index in [9.17, 15) is 5.11 Å². The van der Waals surface area contributed by atoms with E-state index in [1.54, 1.807) is 5.57 Å². The second-order valence-electron chi connectivity index (χ2n) is 6.77. The molecule has 0 radical (unpaired) electrons. The molecule has 1 fully saturated rings. The average Bonchev–Trinajstić information content (AvgIpc) is 2.44. The van der Waals surface area contributed by atoms with Crippen LogP contribution in [-0.4, -0.2) is 60.3 Å². The zero-order chi connectivity index (χ0) is 14.5. The summed E-state index contributed by atoms with van der Waals surface area (Å²) < 4.78 is 0. The summed E-state index contributed by atoms with van der Waals surface area (Å²) in [7, 11) is 0. The molecule has 0 aromatic heterocycles. The summed E-state index contributed by atoms with van der Waals surface area (Å²) in [6.07, 6.45) is 5.78. The number of hydrogen-bond donors (Lipinski definition) is 1. The van der Waals surface area contributed by atoms with Crippen molar-refractivity contribution in [2.45, 2.75) is 46.1 Å². The molecule has 3 unspecified atom stereocenters. The molecule has 20 heavy (non-hydrogen) atoms. The Kier molecular flexibility index (Phi) is 6.06. The summed E-state index contributed by atoms with van der Waals surface area (Å²) in [5, 5.41) is 9.74. The van der Waals surface area contributed by atoms with Crippen molar-refractivity contribution in [2.24, 2.45) is 11.8 Å². The van der Waals surface area contributed by atoms with Gasteiger partial charge in [0.05, 0.1) is 6.10 Å². The first-order chi connectivity index (χ1) is 9.60. The Morgan fingerprint density at radius 3 is 2.50 bits per heavy atom. The lowest BCUT2D eigenvalue weighted by Gasteiger charge is -2.39. The van der Waals surface area contributed by atoms with Gasteiger partial charge in [0.25, 0.3) is 0 Å². The molecule has 0 aromatic rings. The number of nitrogens with zero attached hydrogens (tertiary/aromatic N) is 2. The van der Waals surface area contributed by atoms with Crippen molar-refractivity contribution < 1.29 is 5.11 Å². The highest BCUT2D eigenvalue weighted by molar-refractivity contribution is 5.09. The van der Waals surface area contributed by atoms with E-state index < -0.39 is 0 Å². The van der Waals surface area contributed by atoms with Gasteiger partial charge < -0.3 is 10.0 Å². The van der Waals surface area contributed by atoms with Gasteiger partial charge in [-0.15, -0.1) is 0 Å². The molecule has 1 aliphatic heterocycles. The second-order valence-corrected chi connectivity index (χ2v) is 6.77. The number of aliphatic hydroxyl groups is 1. The fourth-order valence-electron chi connectivity index (χ4n) is 3.56. The molecule has 1 N–H and O–H groups in total. The summed E-state index contributed by atoms with van der Waals surface area (Å²) in [4.78, 5) is 5.04. The highest BCUT2D eigenvalue weighted by Gasteiger charge is 2.26. The highest BCUT2D eigenvalue weighted by atomic mass is 16.3. The Balaban J connectivity index is 1.76. The predicted octanol–water partition coefficient (Wildman–Crippen LogP) is 2.37. The van der Waals surface area contributed by atoms with Crippen LogP contribution in [0, 0.1) is 11.8 Å². The number of rotatable bonds is 5. The average molecular weight is 280 g/mol. The SMILES string of the molecule is CCC(O)CN1CCN(CC2C(C)=CCCC2C)CC1. The molecule has 0 bridgehead atoms. The second kappa shape index (κ2) is 7.58. The molecular formula is C17H32N2O. The lowest BCUT2D eigenvalue weighted by molar-refractivity contribution is 0.0638. The summed E-state index contributed by atoms with van der Waals surface area (Å²) >= 11 is 0. The molecule has 3 heteroatoms. The minimum absolute atomic E-state index is 0.148. The molecule has 2 aliphatic rings. The van der Waals surface area contributed by atoms with E-state index in [0.717, 1.165) is 51.0 Å². The van der Waals surface area contributed by atoms with Crippen molar-refractivity contribution in [1.82, 2.24) is 9.80 Å². The van der Waals surface area contributed by atoms with E-state index in [1.807, 2.05) is 0 Å². The third-order valence-electron chi connectivity index (χ3n) is 5.22. The van der Waals surface area contributed by atoms with Gasteiger partial charge >= 0.3 is 0 Å². The van der Waals surface area contributed by atoms with Crippen LogP contribution in [0.1, 0.15) is 40.0 Å². The maximum absolute atomic E-state index is 9.74. The summed E-state index contributed by atoms with van der Waals surface area (Å²) in [6, 6.07) is 0. The largest absolute Gasteiger partial charge is 0.392 e. The number of piperazine rings is 1. The number of aliphatic hydroxyl groups excluding tert-OH is 1. The fraction of sp³-hybridized carbons (Fsp3) is 0.882. The van der Waals surface area contributed by atoms with Crippen molar-refractivity contribution >= 4 is 0 Å². The van der Waals surface area contributed by atoms with Crippen LogP contribution in [0.25, 0.3) is 0 Å². The quantitative estimate of drug-likeness (QED) is 0.783. The smallest absolute Gasteiger partial charge is 0.0664 e. The van der Waals surface area contributed by atoms with Gasteiger partial charge in [-0.2, -0.15) is 0 Å². The molecule has 2 rings (SSSR count). The Labute approximate surface area is 124 Å². The third-order valence-corrected chi connectivity index (χ3v) is 5.22. The van der Waals surface area contributed by atoms with Gasteiger partial charge in [-0.25, -0.2) is 0 Å². The minimum atomic E-state index is -0.148. The zero-order valence-electron chi connectivity index (χ0n) is 13.5. The van der Waals surface area contributed by atoms with E-state index in [-0.39, 0.29) is 6.10 Å². The van der Waals surface area contributed by atoms with E-state index in [2.05, 4.69) is 36.6 Å². The molecule has 0 amide bonds. The Morgan fingerprint density at radius 1 is 1.25 bits per heavy atom. The molecule has 0 aromatic carbocycles. The van der Waals surface area contributed by atoms with Gasteiger partial charge in [0.1, 0.15) is 0 Å². The molecular weight excluding hydrogens is 248 g/mol. The zero-order valence-corrected chi connectivity index (χ0v) is 13.5. The van der Waals surface area contributed by atoms with Crippen molar-refractivity contribution in [3.05, 3.63) is 11.6 Å². The van der Waals surface area contributed by atoms with Crippen LogP contribution in [0.2, 0.25) is 0 Å². The van der Waals surface area contributed by atoms with E-state index in [0.29, 0.717) is 0 Å². The summed E-state index contributed by atoms with van der Waals surface area (Å²) in [5.41, 5.74) is 1.60. The van der Waals surface area contributed by atoms with Crippen LogP contribution in [0.5, 0.6) is 0 Å². The van der Waals surface area contributed by atoms with E-state index >= 15 is 0 Å². The van der Waals surface area contributed by atoms with Crippen LogP contribution < -0.4 is 0 Å². The van der Waals surface area contributed by atoms with Crippen molar-refractivity contribution in [2.75, 3.05) is 39.3 Å². The van der Waals surface area contributed by atoms with Gasteiger partial charge in [-0.3, -0.25) is 4.90 Å². The Bertz CT molecular complexity index is 321. The normalized spacial score (nSPS) is 31.1. The molecule has 3 nitrogen and oxygen atoms in total. The lowest BCUT2D eigenvalue weighted by Crippen LogP contribution is -2.50. The molecule has 0 spiro atoms. The van der Waals surface area contributed by atoms with Gasteiger partial charge in [-0.1, -0.05) is 25.5 Å². The molecule has 3 atom stereocenters. The summed E-state index contributed by atoms with van der Waals surface area (Å²) in [6.45, 7) is 13.4. The van der Waals surface area contributed by atoms with Crippen molar-refractivity contribution in [1.29, 1.82) is 0 Å². The third kappa shape index (κ3) is 4.31. The van der Waals surface area contributed by atoms with Crippen molar-refractivity contribution in [3.8, 4) is 0 Å². The van der Waals surface area contributed by atoms with E-state index in [1.165, 1.54) is 19.4 Å². The molecule has 1 heterocycles. The molecule has 1 aliphatic carbocycles. The Hall–Kier alpha value is -0.380. The van der Waals surface area contributed by atoms with Gasteiger partial charge in [-0.05, 0) is 38.0 Å². The number of β-amino-alcohol motifs (C(OH)–C–C–N with tert-alkyl or cyclic N) is 1. The Morgan fingerprint density at radius 2 is 1.90 bits per heavy atom. The topological polar surface area (TPSA) is 26.7 Å². The lowest BCUT2D eigenvalue weighted by atomic mass is 9.80. The number of allylic oxidation sites excluding steroid dienone is 1. The first-order valence-electron chi connectivity index (χ1n) is 8.39. The van der Waals surface area contributed by atoms with Gasteiger partial charge in [0, 0.05) is 39.3 Å². The minimum Gasteiger partial charge on any atom is -0.392 e.